The second-order valence-corrected chi connectivity index (χ2v) is 4.75. The molecule has 1 aromatic rings. The summed E-state index contributed by atoms with van der Waals surface area (Å²) in [6, 6.07) is 5.96. The molecule has 0 bridgehead atoms. The van der Waals surface area contributed by atoms with E-state index in [4.69, 9.17) is 10.8 Å². The molecule has 0 heterocycles. The van der Waals surface area contributed by atoms with Crippen LogP contribution >= 0.6 is 0 Å². The predicted octanol–water partition coefficient (Wildman–Crippen LogP) is -0.672. The zero-order valence-corrected chi connectivity index (χ0v) is 11.2. The minimum Gasteiger partial charge on any atom is -0.393 e. The number of nitrogens with one attached hydrogen (secondary N) is 2. The molecule has 0 saturated carbocycles. The molecule has 20 heavy (non-hydrogen) atoms. The zero-order chi connectivity index (χ0) is 15.2. The van der Waals surface area contributed by atoms with Crippen molar-refractivity contribution < 1.29 is 19.8 Å². The van der Waals surface area contributed by atoms with Crippen LogP contribution < -0.4 is 16.4 Å². The summed E-state index contributed by atoms with van der Waals surface area (Å²) in [6.07, 6.45) is 0. The lowest BCUT2D eigenvalue weighted by molar-refractivity contribution is 0.00320. The highest BCUT2D eigenvalue weighted by atomic mass is 16.3. The van der Waals surface area contributed by atoms with E-state index in [2.05, 4.69) is 10.6 Å². The Hall–Kier alpha value is -2.12. The highest BCUT2D eigenvalue weighted by Crippen LogP contribution is 2.05. The van der Waals surface area contributed by atoms with Crippen LogP contribution in [0.2, 0.25) is 0 Å². The Morgan fingerprint density at radius 2 is 1.85 bits per heavy atom. The minimum atomic E-state index is -1.35. The van der Waals surface area contributed by atoms with Crippen molar-refractivity contribution in [1.29, 1.82) is 0 Å². The van der Waals surface area contributed by atoms with Gasteiger partial charge in [0.1, 0.15) is 5.60 Å². The van der Waals surface area contributed by atoms with Crippen LogP contribution in [0.5, 0.6) is 0 Å². The average molecular weight is 281 g/mol. The smallest absolute Gasteiger partial charge is 0.312 e. The molecule has 7 heteroatoms. The van der Waals surface area contributed by atoms with Crippen molar-refractivity contribution in [1.82, 2.24) is 10.6 Å². The molecule has 3 amide bonds. The van der Waals surface area contributed by atoms with Crippen molar-refractivity contribution in [3.05, 3.63) is 35.4 Å². The van der Waals surface area contributed by atoms with E-state index in [0.29, 0.717) is 5.56 Å². The first-order valence-corrected chi connectivity index (χ1v) is 6.08. The SMILES string of the molecule is CC(O)(CO)CNC(=O)c1ccc(CNC(N)=O)cc1. The van der Waals surface area contributed by atoms with Crippen LogP contribution in [0.15, 0.2) is 24.3 Å². The summed E-state index contributed by atoms with van der Waals surface area (Å²) in [7, 11) is 0. The number of aliphatic hydroxyl groups is 2. The van der Waals surface area contributed by atoms with Gasteiger partial charge < -0.3 is 26.6 Å². The van der Waals surface area contributed by atoms with E-state index in [9.17, 15) is 14.7 Å². The molecule has 1 aromatic carbocycles. The summed E-state index contributed by atoms with van der Waals surface area (Å²) in [6.45, 7) is 1.22. The highest BCUT2D eigenvalue weighted by molar-refractivity contribution is 5.94. The summed E-state index contributed by atoms with van der Waals surface area (Å²) in [4.78, 5) is 22.3. The maximum Gasteiger partial charge on any atom is 0.312 e. The molecule has 0 aliphatic rings. The first-order chi connectivity index (χ1) is 9.34. The van der Waals surface area contributed by atoms with Crippen LogP contribution in [0.3, 0.4) is 0 Å². The van der Waals surface area contributed by atoms with E-state index in [0.717, 1.165) is 5.56 Å². The lowest BCUT2D eigenvalue weighted by Gasteiger charge is -2.20. The van der Waals surface area contributed by atoms with Gasteiger partial charge in [-0.25, -0.2) is 4.79 Å². The van der Waals surface area contributed by atoms with Crippen molar-refractivity contribution >= 4 is 11.9 Å². The van der Waals surface area contributed by atoms with Gasteiger partial charge in [-0.2, -0.15) is 0 Å². The fourth-order valence-electron chi connectivity index (χ4n) is 1.39. The molecular formula is C13H19N3O4. The summed E-state index contributed by atoms with van der Waals surface area (Å²) in [5.74, 6) is -0.354. The van der Waals surface area contributed by atoms with Crippen LogP contribution in [0.25, 0.3) is 0 Å². The van der Waals surface area contributed by atoms with Gasteiger partial charge in [0.2, 0.25) is 0 Å². The molecular weight excluding hydrogens is 262 g/mol. The number of urea groups is 1. The van der Waals surface area contributed by atoms with Crippen LogP contribution in [0.4, 0.5) is 4.79 Å². The number of carbonyl (C=O) groups is 2. The number of aliphatic hydroxyl groups excluding tert-OH is 1. The van der Waals surface area contributed by atoms with Crippen LogP contribution in [0, 0.1) is 0 Å². The number of nitrogens with two attached hydrogens (primary N) is 1. The number of benzene rings is 1. The lowest BCUT2D eigenvalue weighted by Crippen LogP contribution is -2.43. The Labute approximate surface area is 116 Å². The van der Waals surface area contributed by atoms with E-state index >= 15 is 0 Å². The van der Waals surface area contributed by atoms with Gasteiger partial charge in [-0.1, -0.05) is 12.1 Å². The Balaban J connectivity index is 2.55. The van der Waals surface area contributed by atoms with E-state index in [-0.39, 0.29) is 19.0 Å². The molecule has 6 N–H and O–H groups in total. The molecule has 0 radical (unpaired) electrons. The summed E-state index contributed by atoms with van der Waals surface area (Å²) < 4.78 is 0. The molecule has 0 spiro atoms. The minimum absolute atomic E-state index is 0.0483. The monoisotopic (exact) mass is 281 g/mol. The van der Waals surface area contributed by atoms with Crippen LogP contribution in [-0.2, 0) is 6.54 Å². The Morgan fingerprint density at radius 3 is 2.35 bits per heavy atom. The van der Waals surface area contributed by atoms with E-state index in [1.54, 1.807) is 24.3 Å². The summed E-state index contributed by atoms with van der Waals surface area (Å²) >= 11 is 0. The maximum atomic E-state index is 11.8. The summed E-state index contributed by atoms with van der Waals surface area (Å²) in [5, 5.41) is 23.4. The number of primary amides is 1. The number of hydrogen-bond donors (Lipinski definition) is 5. The van der Waals surface area contributed by atoms with E-state index in [1.807, 2.05) is 0 Å². The predicted molar refractivity (Wildman–Crippen MR) is 72.9 cm³/mol. The van der Waals surface area contributed by atoms with E-state index < -0.39 is 18.2 Å². The van der Waals surface area contributed by atoms with Crippen molar-refractivity contribution in [3.8, 4) is 0 Å². The zero-order valence-electron chi connectivity index (χ0n) is 11.2. The molecule has 0 aliphatic carbocycles. The molecule has 0 fully saturated rings. The van der Waals surface area contributed by atoms with Gasteiger partial charge in [-0.3, -0.25) is 4.79 Å². The fourth-order valence-corrected chi connectivity index (χ4v) is 1.39. The first kappa shape index (κ1) is 15.9. The molecule has 110 valence electrons. The quantitative estimate of drug-likeness (QED) is 0.474. The van der Waals surface area contributed by atoms with Crippen molar-refractivity contribution in [3.63, 3.8) is 0 Å². The number of carbonyl (C=O) groups excluding carboxylic acids is 2. The number of rotatable bonds is 6. The average Bonchev–Trinajstić information content (AvgIpc) is 2.43. The molecule has 0 aromatic heterocycles. The standard InChI is InChI=1S/C13H19N3O4/c1-13(20,8-17)7-16-11(18)10-4-2-9(3-5-10)6-15-12(14)19/h2-5,17,20H,6-8H2,1H3,(H,16,18)(H3,14,15,19). The largest absolute Gasteiger partial charge is 0.393 e. The third kappa shape index (κ3) is 5.25. The Kier molecular flexibility index (Phi) is 5.48. The number of amides is 3. The van der Waals surface area contributed by atoms with Gasteiger partial charge in [0, 0.05) is 18.7 Å². The Bertz CT molecular complexity index is 471. The molecule has 1 atom stereocenters. The lowest BCUT2D eigenvalue weighted by atomic mass is 10.1. The molecule has 0 aliphatic heterocycles. The van der Waals surface area contributed by atoms with Crippen LogP contribution in [-0.4, -0.2) is 40.9 Å². The molecule has 1 rings (SSSR count). The second kappa shape index (κ2) is 6.88. The molecule has 1 unspecified atom stereocenters. The topological polar surface area (TPSA) is 125 Å². The van der Waals surface area contributed by atoms with Crippen molar-refractivity contribution in [2.24, 2.45) is 5.73 Å². The molecule has 7 nitrogen and oxygen atoms in total. The highest BCUT2D eigenvalue weighted by Gasteiger charge is 2.20. The second-order valence-electron chi connectivity index (χ2n) is 4.75. The normalized spacial score (nSPS) is 13.3. The van der Waals surface area contributed by atoms with Gasteiger partial charge in [0.25, 0.3) is 5.91 Å². The number of hydrogen-bond acceptors (Lipinski definition) is 4. The van der Waals surface area contributed by atoms with Gasteiger partial charge >= 0.3 is 6.03 Å². The van der Waals surface area contributed by atoms with Crippen molar-refractivity contribution in [2.75, 3.05) is 13.2 Å². The van der Waals surface area contributed by atoms with Gasteiger partial charge in [-0.15, -0.1) is 0 Å². The van der Waals surface area contributed by atoms with Crippen molar-refractivity contribution in [2.45, 2.75) is 19.1 Å². The maximum absolute atomic E-state index is 11.8. The summed E-state index contributed by atoms with van der Waals surface area (Å²) in [5.41, 5.74) is 4.83. The first-order valence-electron chi connectivity index (χ1n) is 6.08. The van der Waals surface area contributed by atoms with Gasteiger partial charge in [0.05, 0.1) is 6.61 Å². The Morgan fingerprint density at radius 1 is 1.25 bits per heavy atom. The third-order valence-electron chi connectivity index (χ3n) is 2.65. The van der Waals surface area contributed by atoms with Crippen LogP contribution in [0.1, 0.15) is 22.8 Å². The van der Waals surface area contributed by atoms with E-state index in [1.165, 1.54) is 6.92 Å². The fraction of sp³-hybridized carbons (Fsp3) is 0.385. The van der Waals surface area contributed by atoms with Gasteiger partial charge in [-0.05, 0) is 24.6 Å². The molecule has 0 saturated heterocycles. The third-order valence-corrected chi connectivity index (χ3v) is 2.65. The van der Waals surface area contributed by atoms with Gasteiger partial charge in [0.15, 0.2) is 0 Å².